The Morgan fingerprint density at radius 1 is 1.50 bits per heavy atom. The summed E-state index contributed by atoms with van der Waals surface area (Å²) in [5, 5.41) is 2.95. The maximum atomic E-state index is 11.1. The van der Waals surface area contributed by atoms with E-state index >= 15 is 0 Å². The van der Waals surface area contributed by atoms with Gasteiger partial charge in [0.25, 0.3) is 0 Å². The number of nitrogens with one attached hydrogen (secondary N) is 1. The van der Waals surface area contributed by atoms with Crippen molar-refractivity contribution in [3.8, 4) is 0 Å². The summed E-state index contributed by atoms with van der Waals surface area (Å²) < 4.78 is 11.3. The van der Waals surface area contributed by atoms with Crippen molar-refractivity contribution in [3.63, 3.8) is 0 Å². The molecule has 1 rings (SSSR count). The van der Waals surface area contributed by atoms with E-state index in [4.69, 9.17) is 9.16 Å². The van der Waals surface area contributed by atoms with Crippen LogP contribution in [0.4, 0.5) is 4.79 Å². The van der Waals surface area contributed by atoms with E-state index in [1.807, 2.05) is 19.1 Å². The minimum absolute atomic E-state index is 0.0807. The second-order valence-electron chi connectivity index (χ2n) is 6.22. The van der Waals surface area contributed by atoms with Crippen molar-refractivity contribution in [1.29, 1.82) is 0 Å². The molecule has 1 aliphatic heterocycles. The van der Waals surface area contributed by atoms with E-state index in [9.17, 15) is 4.79 Å². The number of rotatable bonds is 4. The Hall–Kier alpha value is -0.813. The van der Waals surface area contributed by atoms with Crippen molar-refractivity contribution in [2.75, 3.05) is 6.61 Å². The zero-order valence-corrected chi connectivity index (χ0v) is 13.2. The van der Waals surface area contributed by atoms with Crippen LogP contribution in [0.3, 0.4) is 0 Å². The van der Waals surface area contributed by atoms with E-state index in [-0.39, 0.29) is 23.3 Å². The fourth-order valence-electron chi connectivity index (χ4n) is 1.54. The van der Waals surface area contributed by atoms with Crippen molar-refractivity contribution < 1.29 is 14.0 Å². The van der Waals surface area contributed by atoms with E-state index in [2.05, 4.69) is 39.2 Å². The molecule has 104 valence electrons. The van der Waals surface area contributed by atoms with Crippen LogP contribution in [-0.2, 0) is 9.16 Å². The van der Waals surface area contributed by atoms with E-state index < -0.39 is 8.32 Å². The first-order valence-corrected chi connectivity index (χ1v) is 9.32. The Kier molecular flexibility index (Phi) is 4.61. The highest BCUT2D eigenvalue weighted by atomic mass is 28.4. The zero-order valence-electron chi connectivity index (χ0n) is 12.2. The van der Waals surface area contributed by atoms with Gasteiger partial charge in [0.05, 0.1) is 12.1 Å². The Morgan fingerprint density at radius 3 is 2.50 bits per heavy atom. The van der Waals surface area contributed by atoms with Gasteiger partial charge in [0.1, 0.15) is 6.61 Å². The lowest BCUT2D eigenvalue weighted by atomic mass is 10.2. The number of alkyl carbamates (subject to hydrolysis) is 1. The summed E-state index contributed by atoms with van der Waals surface area (Å²) in [6.45, 7) is 13.4. The van der Waals surface area contributed by atoms with Gasteiger partial charge in [0, 0.05) is 0 Å². The average molecular weight is 271 g/mol. The first kappa shape index (κ1) is 15.2. The number of carbonyl (C=O) groups excluding carboxylic acids is 1. The zero-order chi connectivity index (χ0) is 14.0. The Labute approximate surface area is 111 Å². The molecule has 0 aliphatic carbocycles. The fourth-order valence-corrected chi connectivity index (χ4v) is 2.82. The molecule has 5 heteroatoms. The third-order valence-corrected chi connectivity index (χ3v) is 8.19. The molecule has 0 aromatic carbocycles. The van der Waals surface area contributed by atoms with Crippen LogP contribution < -0.4 is 5.32 Å². The summed E-state index contributed by atoms with van der Waals surface area (Å²) in [4.78, 5) is 11.1. The molecule has 4 nitrogen and oxygen atoms in total. The largest absolute Gasteiger partial charge is 0.447 e. The molecule has 0 aromatic heterocycles. The van der Waals surface area contributed by atoms with Gasteiger partial charge in [-0.25, -0.2) is 4.79 Å². The smallest absolute Gasteiger partial charge is 0.407 e. The van der Waals surface area contributed by atoms with Gasteiger partial charge in [-0.05, 0) is 25.1 Å². The first-order chi connectivity index (χ1) is 8.17. The van der Waals surface area contributed by atoms with Crippen molar-refractivity contribution >= 4 is 14.4 Å². The lowest BCUT2D eigenvalue weighted by Gasteiger charge is -2.39. The summed E-state index contributed by atoms with van der Waals surface area (Å²) in [5.41, 5.74) is 0. The maximum absolute atomic E-state index is 11.1. The van der Waals surface area contributed by atoms with Gasteiger partial charge in [0.2, 0.25) is 0 Å². The lowest BCUT2D eigenvalue weighted by Crippen LogP contribution is -2.49. The number of amides is 1. The minimum Gasteiger partial charge on any atom is -0.447 e. The quantitative estimate of drug-likeness (QED) is 0.631. The Morgan fingerprint density at radius 2 is 2.11 bits per heavy atom. The summed E-state index contributed by atoms with van der Waals surface area (Å²) >= 11 is 0. The van der Waals surface area contributed by atoms with Crippen molar-refractivity contribution in [1.82, 2.24) is 5.32 Å². The molecule has 0 saturated carbocycles. The SMILES string of the molecule is C/C=C/[C@H](O[Si](C)(C)C(C)(C)C)[C@@H]1COC(=O)N1. The molecule has 2 atom stereocenters. The molecular weight excluding hydrogens is 246 g/mol. The lowest BCUT2D eigenvalue weighted by molar-refractivity contribution is 0.160. The highest BCUT2D eigenvalue weighted by Gasteiger charge is 2.41. The Balaban J connectivity index is 2.78. The number of allylic oxidation sites excluding steroid dienone is 1. The molecule has 18 heavy (non-hydrogen) atoms. The molecule has 0 unspecified atom stereocenters. The number of cyclic esters (lactones) is 1. The second-order valence-corrected chi connectivity index (χ2v) is 11.0. The molecule has 0 spiro atoms. The van der Waals surface area contributed by atoms with Crippen LogP contribution in [0.25, 0.3) is 0 Å². The second kappa shape index (κ2) is 5.44. The van der Waals surface area contributed by atoms with Gasteiger partial charge >= 0.3 is 6.09 Å². The van der Waals surface area contributed by atoms with Crippen molar-refractivity contribution in [2.45, 2.75) is 58.0 Å². The molecule has 1 heterocycles. The molecule has 1 saturated heterocycles. The molecule has 0 radical (unpaired) electrons. The molecule has 0 bridgehead atoms. The number of ether oxygens (including phenoxy) is 1. The topological polar surface area (TPSA) is 47.6 Å². The van der Waals surface area contributed by atoms with Crippen LogP contribution in [0, 0.1) is 0 Å². The van der Waals surface area contributed by atoms with Gasteiger partial charge < -0.3 is 14.5 Å². The fraction of sp³-hybridized carbons (Fsp3) is 0.769. The van der Waals surface area contributed by atoms with Gasteiger partial charge in [-0.1, -0.05) is 32.9 Å². The summed E-state index contributed by atoms with van der Waals surface area (Å²) in [5.74, 6) is 0. The summed E-state index contributed by atoms with van der Waals surface area (Å²) in [6.07, 6.45) is 3.50. The van der Waals surface area contributed by atoms with Crippen LogP contribution in [0.5, 0.6) is 0 Å². The number of hydrogen-bond donors (Lipinski definition) is 1. The number of carbonyl (C=O) groups is 1. The van der Waals surface area contributed by atoms with Crippen LogP contribution >= 0.6 is 0 Å². The molecule has 0 aromatic rings. The van der Waals surface area contributed by atoms with E-state index in [0.29, 0.717) is 6.61 Å². The predicted molar refractivity (Wildman–Crippen MR) is 75.2 cm³/mol. The molecule has 1 amide bonds. The summed E-state index contributed by atoms with van der Waals surface area (Å²) in [7, 11) is -1.85. The van der Waals surface area contributed by atoms with Crippen LogP contribution in [-0.4, -0.2) is 33.2 Å². The highest BCUT2D eigenvalue weighted by molar-refractivity contribution is 6.74. The van der Waals surface area contributed by atoms with Crippen LogP contribution in [0.15, 0.2) is 12.2 Å². The maximum Gasteiger partial charge on any atom is 0.407 e. The van der Waals surface area contributed by atoms with E-state index in [1.165, 1.54) is 0 Å². The van der Waals surface area contributed by atoms with Gasteiger partial charge in [-0.2, -0.15) is 0 Å². The average Bonchev–Trinajstić information content (AvgIpc) is 2.62. The monoisotopic (exact) mass is 271 g/mol. The number of hydrogen-bond acceptors (Lipinski definition) is 3. The summed E-state index contributed by atoms with van der Waals surface area (Å²) in [6, 6.07) is -0.0807. The third kappa shape index (κ3) is 3.59. The van der Waals surface area contributed by atoms with Gasteiger partial charge in [-0.3, -0.25) is 0 Å². The molecule has 1 N–H and O–H groups in total. The van der Waals surface area contributed by atoms with Crippen LogP contribution in [0.2, 0.25) is 18.1 Å². The first-order valence-electron chi connectivity index (χ1n) is 6.41. The highest BCUT2D eigenvalue weighted by Crippen LogP contribution is 2.37. The van der Waals surface area contributed by atoms with Gasteiger partial charge in [-0.15, -0.1) is 0 Å². The van der Waals surface area contributed by atoms with Gasteiger partial charge in [0.15, 0.2) is 8.32 Å². The van der Waals surface area contributed by atoms with E-state index in [1.54, 1.807) is 0 Å². The third-order valence-electron chi connectivity index (χ3n) is 3.71. The minimum atomic E-state index is -1.85. The Bertz CT molecular complexity index is 334. The van der Waals surface area contributed by atoms with Crippen LogP contribution in [0.1, 0.15) is 27.7 Å². The van der Waals surface area contributed by atoms with Crippen molar-refractivity contribution in [3.05, 3.63) is 12.2 Å². The molecular formula is C13H25NO3Si. The predicted octanol–water partition coefficient (Wildman–Crippen LogP) is 3.06. The molecule has 1 aliphatic rings. The molecule has 1 fully saturated rings. The standard InChI is InChI=1S/C13H25NO3Si/c1-7-8-11(10-9-16-12(15)14-10)17-18(5,6)13(2,3)4/h7-8,10-11H,9H2,1-6H3,(H,14,15)/b8-7+/t10-,11-/m0/s1. The normalized spacial score (nSPS) is 23.0. The van der Waals surface area contributed by atoms with E-state index in [0.717, 1.165) is 0 Å². The van der Waals surface area contributed by atoms with Crippen molar-refractivity contribution in [2.24, 2.45) is 0 Å².